The van der Waals surface area contributed by atoms with E-state index in [9.17, 15) is 18.0 Å². The van der Waals surface area contributed by atoms with Gasteiger partial charge in [-0.1, -0.05) is 12.1 Å². The summed E-state index contributed by atoms with van der Waals surface area (Å²) in [4.78, 5) is 14.9. The zero-order chi connectivity index (χ0) is 16.3. The minimum atomic E-state index is -4.58. The van der Waals surface area contributed by atoms with E-state index in [1.54, 1.807) is 0 Å². The molecule has 0 bridgehead atoms. The summed E-state index contributed by atoms with van der Waals surface area (Å²) in [5.41, 5.74) is -1.39. The van der Waals surface area contributed by atoms with Crippen LogP contribution in [0.4, 0.5) is 18.9 Å². The van der Waals surface area contributed by atoms with Crippen molar-refractivity contribution in [3.8, 4) is 0 Å². The Balaban J connectivity index is 2.65. The molecule has 0 atom stereocenters. The molecule has 0 radical (unpaired) electrons. The molecule has 2 rings (SSSR count). The number of aliphatic hydroxyl groups excluding tert-OH is 1. The van der Waals surface area contributed by atoms with E-state index < -0.39 is 17.7 Å². The van der Waals surface area contributed by atoms with Crippen molar-refractivity contribution in [1.29, 1.82) is 0 Å². The maximum absolute atomic E-state index is 13.0. The van der Waals surface area contributed by atoms with E-state index in [0.717, 1.165) is 12.3 Å². The van der Waals surface area contributed by atoms with Gasteiger partial charge in [0.25, 0.3) is 0 Å². The molecule has 1 aromatic carbocycles. The van der Waals surface area contributed by atoms with Crippen LogP contribution >= 0.6 is 0 Å². The fourth-order valence-electron chi connectivity index (χ4n) is 2.10. The van der Waals surface area contributed by atoms with Crippen LogP contribution < -0.4 is 5.32 Å². The molecule has 0 saturated carbocycles. The quantitative estimate of drug-likeness (QED) is 0.739. The Morgan fingerprint density at radius 1 is 1.32 bits per heavy atom. The number of aliphatic hydroxyl groups is 1. The Morgan fingerprint density at radius 2 is 2.05 bits per heavy atom. The van der Waals surface area contributed by atoms with Gasteiger partial charge in [0.1, 0.15) is 5.56 Å². The molecule has 118 valence electrons. The standard InChI is InChI=1S/C14H13F3N2O3/c15-14(16,17)10-4-1-3-8-11(18-5-2-6-20)9(13(21)22)7-19-12(8)10/h1,3-4,7,20H,2,5-6H2,(H,18,19)(H,21,22). The monoisotopic (exact) mass is 314 g/mol. The normalized spacial score (nSPS) is 11.6. The number of hydrogen-bond donors (Lipinski definition) is 3. The van der Waals surface area contributed by atoms with E-state index in [1.165, 1.54) is 12.1 Å². The molecule has 0 aliphatic heterocycles. The van der Waals surface area contributed by atoms with Gasteiger partial charge >= 0.3 is 12.1 Å². The third-order valence-electron chi connectivity index (χ3n) is 3.07. The number of nitrogens with zero attached hydrogens (tertiary/aromatic N) is 1. The number of carbonyl (C=O) groups is 1. The van der Waals surface area contributed by atoms with Crippen molar-refractivity contribution in [2.75, 3.05) is 18.5 Å². The maximum atomic E-state index is 13.0. The van der Waals surface area contributed by atoms with Crippen molar-refractivity contribution in [3.05, 3.63) is 35.5 Å². The van der Waals surface area contributed by atoms with Crippen LogP contribution in [0.5, 0.6) is 0 Å². The Bertz CT molecular complexity index is 702. The Labute approximate surface area is 123 Å². The van der Waals surface area contributed by atoms with Gasteiger partial charge in [0.15, 0.2) is 0 Å². The molecule has 0 amide bonds. The molecule has 0 aliphatic carbocycles. The van der Waals surface area contributed by atoms with Crippen molar-refractivity contribution in [2.24, 2.45) is 0 Å². The van der Waals surface area contributed by atoms with Gasteiger partial charge in [0, 0.05) is 24.7 Å². The number of benzene rings is 1. The molecular weight excluding hydrogens is 301 g/mol. The molecule has 0 unspecified atom stereocenters. The second-order valence-electron chi connectivity index (χ2n) is 4.56. The van der Waals surface area contributed by atoms with Gasteiger partial charge in [-0.3, -0.25) is 4.98 Å². The molecule has 0 aliphatic rings. The molecule has 1 heterocycles. The molecule has 0 fully saturated rings. The highest BCUT2D eigenvalue weighted by atomic mass is 19.4. The lowest BCUT2D eigenvalue weighted by Gasteiger charge is -2.15. The first-order chi connectivity index (χ1) is 10.4. The smallest absolute Gasteiger partial charge is 0.418 e. The number of nitrogens with one attached hydrogen (secondary N) is 1. The SMILES string of the molecule is O=C(O)c1cnc2c(C(F)(F)F)cccc2c1NCCCO. The minimum Gasteiger partial charge on any atom is -0.478 e. The number of carboxylic acid groups (broad SMARTS) is 1. The first-order valence-corrected chi connectivity index (χ1v) is 6.43. The highest BCUT2D eigenvalue weighted by Crippen LogP contribution is 2.36. The third kappa shape index (κ3) is 3.11. The highest BCUT2D eigenvalue weighted by molar-refractivity contribution is 6.04. The Kier molecular flexibility index (Phi) is 4.51. The summed E-state index contributed by atoms with van der Waals surface area (Å²) in [6.07, 6.45) is -3.34. The molecule has 0 spiro atoms. The van der Waals surface area contributed by atoms with E-state index in [4.69, 9.17) is 10.2 Å². The Morgan fingerprint density at radius 3 is 2.64 bits per heavy atom. The van der Waals surface area contributed by atoms with Gasteiger partial charge in [0.2, 0.25) is 0 Å². The average molecular weight is 314 g/mol. The predicted octanol–water partition coefficient (Wildman–Crippen LogP) is 2.75. The van der Waals surface area contributed by atoms with Gasteiger partial charge < -0.3 is 15.5 Å². The van der Waals surface area contributed by atoms with E-state index in [0.29, 0.717) is 6.42 Å². The van der Waals surface area contributed by atoms with Crippen molar-refractivity contribution in [1.82, 2.24) is 4.98 Å². The number of rotatable bonds is 5. The number of halogens is 3. The zero-order valence-corrected chi connectivity index (χ0v) is 11.3. The van der Waals surface area contributed by atoms with Crippen LogP contribution in [0, 0.1) is 0 Å². The summed E-state index contributed by atoms with van der Waals surface area (Å²) < 4.78 is 39.0. The second-order valence-corrected chi connectivity index (χ2v) is 4.56. The number of carboxylic acids is 1. The fraction of sp³-hybridized carbons (Fsp3) is 0.286. The highest BCUT2D eigenvalue weighted by Gasteiger charge is 2.33. The largest absolute Gasteiger partial charge is 0.478 e. The number of anilines is 1. The molecule has 2 aromatic rings. The van der Waals surface area contributed by atoms with Crippen LogP contribution in [0.1, 0.15) is 22.3 Å². The van der Waals surface area contributed by atoms with Crippen LogP contribution in [0.3, 0.4) is 0 Å². The van der Waals surface area contributed by atoms with Crippen LogP contribution in [0.2, 0.25) is 0 Å². The number of fused-ring (bicyclic) bond motifs is 1. The number of para-hydroxylation sites is 1. The zero-order valence-electron chi connectivity index (χ0n) is 11.3. The predicted molar refractivity (Wildman–Crippen MR) is 73.9 cm³/mol. The number of aromatic carboxylic acids is 1. The molecule has 3 N–H and O–H groups in total. The first-order valence-electron chi connectivity index (χ1n) is 6.43. The first kappa shape index (κ1) is 16.0. The van der Waals surface area contributed by atoms with Crippen molar-refractivity contribution < 1.29 is 28.2 Å². The van der Waals surface area contributed by atoms with E-state index in [2.05, 4.69) is 10.3 Å². The number of pyridine rings is 1. The lowest BCUT2D eigenvalue weighted by molar-refractivity contribution is -0.136. The van der Waals surface area contributed by atoms with Crippen molar-refractivity contribution >= 4 is 22.6 Å². The lowest BCUT2D eigenvalue weighted by Crippen LogP contribution is -2.12. The summed E-state index contributed by atoms with van der Waals surface area (Å²) in [5.74, 6) is -1.29. The summed E-state index contributed by atoms with van der Waals surface area (Å²) in [7, 11) is 0. The lowest BCUT2D eigenvalue weighted by atomic mass is 10.0. The van der Waals surface area contributed by atoms with E-state index >= 15 is 0 Å². The van der Waals surface area contributed by atoms with Crippen LogP contribution in [-0.2, 0) is 6.18 Å². The van der Waals surface area contributed by atoms with Gasteiger partial charge in [-0.2, -0.15) is 13.2 Å². The minimum absolute atomic E-state index is 0.0667. The van der Waals surface area contributed by atoms with Crippen LogP contribution in [-0.4, -0.2) is 34.3 Å². The Hall–Kier alpha value is -2.35. The maximum Gasteiger partial charge on any atom is 0.418 e. The molecule has 5 nitrogen and oxygen atoms in total. The third-order valence-corrected chi connectivity index (χ3v) is 3.07. The topological polar surface area (TPSA) is 82.5 Å². The molecule has 1 aromatic heterocycles. The van der Waals surface area contributed by atoms with Crippen LogP contribution in [0.25, 0.3) is 10.9 Å². The van der Waals surface area contributed by atoms with Crippen LogP contribution in [0.15, 0.2) is 24.4 Å². The second kappa shape index (κ2) is 6.18. The van der Waals surface area contributed by atoms with Gasteiger partial charge in [-0.25, -0.2) is 4.79 Å². The van der Waals surface area contributed by atoms with Gasteiger partial charge in [-0.05, 0) is 12.5 Å². The average Bonchev–Trinajstić information content (AvgIpc) is 2.45. The summed E-state index contributed by atoms with van der Waals surface area (Å²) in [5, 5.41) is 20.8. The van der Waals surface area contributed by atoms with E-state index in [1.807, 2.05) is 0 Å². The van der Waals surface area contributed by atoms with E-state index in [-0.39, 0.29) is 35.3 Å². The van der Waals surface area contributed by atoms with Crippen molar-refractivity contribution in [2.45, 2.75) is 12.6 Å². The number of hydrogen-bond acceptors (Lipinski definition) is 4. The summed E-state index contributed by atoms with van der Waals surface area (Å²) in [6, 6.07) is 3.48. The van der Waals surface area contributed by atoms with Crippen molar-refractivity contribution in [3.63, 3.8) is 0 Å². The molecule has 8 heteroatoms. The summed E-state index contributed by atoms with van der Waals surface area (Å²) >= 11 is 0. The van der Waals surface area contributed by atoms with Gasteiger partial charge in [-0.15, -0.1) is 0 Å². The molecule has 0 saturated heterocycles. The summed E-state index contributed by atoms with van der Waals surface area (Å²) in [6.45, 7) is 0.109. The molecule has 22 heavy (non-hydrogen) atoms. The molecular formula is C14H13F3N2O3. The number of alkyl halides is 3. The fourth-order valence-corrected chi connectivity index (χ4v) is 2.10. The number of aromatic nitrogens is 1. The van der Waals surface area contributed by atoms with Gasteiger partial charge in [0.05, 0.1) is 16.8 Å².